The molecule has 4 heteroatoms. The molecular weight excluding hydrogens is 324 g/mol. The summed E-state index contributed by atoms with van der Waals surface area (Å²) in [5.41, 5.74) is 11.9. The molecule has 0 fully saturated rings. The van der Waals surface area contributed by atoms with E-state index < -0.39 is 6.04 Å². The third kappa shape index (κ3) is 3.61. The number of hydrogen-bond acceptors (Lipinski definition) is 3. The van der Waals surface area contributed by atoms with Crippen LogP contribution in [0.3, 0.4) is 0 Å². The SMILES string of the molecule is COc1cc(C)c(CC(N)C(=O)N2CC(C)Cc3ccccc32)c(C)c1. The van der Waals surface area contributed by atoms with E-state index in [0.717, 1.165) is 41.1 Å². The zero-order valence-electron chi connectivity index (χ0n) is 16.1. The Morgan fingerprint density at radius 2 is 1.92 bits per heavy atom. The molecule has 2 aromatic rings. The maximum Gasteiger partial charge on any atom is 0.244 e. The highest BCUT2D eigenvalue weighted by Crippen LogP contribution is 2.30. The largest absolute Gasteiger partial charge is 0.497 e. The third-order valence-electron chi connectivity index (χ3n) is 5.26. The lowest BCUT2D eigenvalue weighted by Gasteiger charge is -2.34. The standard InChI is InChI=1S/C22H28N2O2/c1-14-9-17-7-5-6-8-21(17)24(13-14)22(25)20(23)12-19-15(2)10-18(26-4)11-16(19)3/h5-8,10-11,14,20H,9,12-13,23H2,1-4H3. The van der Waals surface area contributed by atoms with Gasteiger partial charge in [0.15, 0.2) is 0 Å². The van der Waals surface area contributed by atoms with Gasteiger partial charge in [-0.05, 0) is 73.1 Å². The molecule has 1 amide bonds. The fourth-order valence-electron chi connectivity index (χ4n) is 3.91. The Bertz CT molecular complexity index is 793. The quantitative estimate of drug-likeness (QED) is 0.917. The first-order valence-corrected chi connectivity index (χ1v) is 9.19. The molecule has 2 unspecified atom stereocenters. The predicted octanol–water partition coefficient (Wildman–Crippen LogP) is 3.41. The zero-order chi connectivity index (χ0) is 18.8. The first kappa shape index (κ1) is 18.5. The van der Waals surface area contributed by atoms with E-state index in [1.165, 1.54) is 5.56 Å². The summed E-state index contributed by atoms with van der Waals surface area (Å²) < 4.78 is 5.32. The Morgan fingerprint density at radius 1 is 1.27 bits per heavy atom. The van der Waals surface area contributed by atoms with Crippen molar-refractivity contribution in [1.82, 2.24) is 0 Å². The second-order valence-corrected chi connectivity index (χ2v) is 7.44. The number of ether oxygens (including phenoxy) is 1. The first-order chi connectivity index (χ1) is 12.4. The van der Waals surface area contributed by atoms with Crippen LogP contribution in [0.25, 0.3) is 0 Å². The minimum Gasteiger partial charge on any atom is -0.497 e. The van der Waals surface area contributed by atoms with Gasteiger partial charge in [-0.2, -0.15) is 0 Å². The summed E-state index contributed by atoms with van der Waals surface area (Å²) in [6.07, 6.45) is 1.54. The van der Waals surface area contributed by atoms with E-state index in [9.17, 15) is 4.79 Å². The van der Waals surface area contributed by atoms with Gasteiger partial charge in [0.2, 0.25) is 5.91 Å². The fourth-order valence-corrected chi connectivity index (χ4v) is 3.91. The van der Waals surface area contributed by atoms with Crippen molar-refractivity contribution in [3.05, 3.63) is 58.7 Å². The van der Waals surface area contributed by atoms with Crippen molar-refractivity contribution in [3.63, 3.8) is 0 Å². The molecule has 0 saturated heterocycles. The average molecular weight is 352 g/mol. The van der Waals surface area contributed by atoms with Gasteiger partial charge in [0.1, 0.15) is 5.75 Å². The van der Waals surface area contributed by atoms with Gasteiger partial charge in [0.25, 0.3) is 0 Å². The van der Waals surface area contributed by atoms with Gasteiger partial charge in [0.05, 0.1) is 13.2 Å². The summed E-state index contributed by atoms with van der Waals surface area (Å²) in [7, 11) is 1.66. The Labute approximate surface area is 156 Å². The molecule has 1 heterocycles. The van der Waals surface area contributed by atoms with Crippen LogP contribution in [-0.2, 0) is 17.6 Å². The molecule has 1 aliphatic heterocycles. The van der Waals surface area contributed by atoms with Crippen LogP contribution in [0, 0.1) is 19.8 Å². The van der Waals surface area contributed by atoms with Crippen molar-refractivity contribution in [1.29, 1.82) is 0 Å². The maximum atomic E-state index is 13.1. The molecule has 2 aromatic carbocycles. The molecule has 0 saturated carbocycles. The van der Waals surface area contributed by atoms with Crippen molar-refractivity contribution >= 4 is 11.6 Å². The Kier molecular flexibility index (Phi) is 5.33. The van der Waals surface area contributed by atoms with E-state index in [1.54, 1.807) is 7.11 Å². The molecule has 138 valence electrons. The topological polar surface area (TPSA) is 55.6 Å². The summed E-state index contributed by atoms with van der Waals surface area (Å²) in [4.78, 5) is 15.0. The van der Waals surface area contributed by atoms with Gasteiger partial charge in [0, 0.05) is 12.2 Å². The smallest absolute Gasteiger partial charge is 0.244 e. The molecule has 4 nitrogen and oxygen atoms in total. The molecule has 3 rings (SSSR count). The van der Waals surface area contributed by atoms with E-state index >= 15 is 0 Å². The van der Waals surface area contributed by atoms with Crippen molar-refractivity contribution < 1.29 is 9.53 Å². The van der Waals surface area contributed by atoms with Crippen LogP contribution < -0.4 is 15.4 Å². The highest BCUT2D eigenvalue weighted by molar-refractivity contribution is 5.98. The van der Waals surface area contributed by atoms with Gasteiger partial charge >= 0.3 is 0 Å². The molecule has 0 radical (unpaired) electrons. The van der Waals surface area contributed by atoms with E-state index in [-0.39, 0.29) is 5.91 Å². The number of carbonyl (C=O) groups excluding carboxylic acids is 1. The number of nitrogens with zero attached hydrogens (tertiary/aromatic N) is 1. The number of rotatable bonds is 4. The van der Waals surface area contributed by atoms with Crippen LogP contribution in [0.4, 0.5) is 5.69 Å². The van der Waals surface area contributed by atoms with Crippen LogP contribution in [0.5, 0.6) is 5.75 Å². The lowest BCUT2D eigenvalue weighted by atomic mass is 9.92. The van der Waals surface area contributed by atoms with Crippen molar-refractivity contribution in [2.75, 3.05) is 18.6 Å². The molecule has 2 atom stereocenters. The number of anilines is 1. The molecule has 2 N–H and O–H groups in total. The van der Waals surface area contributed by atoms with Crippen LogP contribution >= 0.6 is 0 Å². The van der Waals surface area contributed by atoms with Crippen LogP contribution in [0.1, 0.15) is 29.2 Å². The highest BCUT2D eigenvalue weighted by Gasteiger charge is 2.29. The number of aryl methyl sites for hydroxylation is 2. The second-order valence-electron chi connectivity index (χ2n) is 7.44. The number of carbonyl (C=O) groups is 1. The van der Waals surface area contributed by atoms with Crippen molar-refractivity contribution in [3.8, 4) is 5.75 Å². The lowest BCUT2D eigenvalue weighted by molar-refractivity contribution is -0.120. The van der Waals surface area contributed by atoms with Crippen LogP contribution in [-0.4, -0.2) is 25.6 Å². The summed E-state index contributed by atoms with van der Waals surface area (Å²) in [5, 5.41) is 0. The Balaban J connectivity index is 1.83. The number of para-hydroxylation sites is 1. The van der Waals surface area contributed by atoms with Gasteiger partial charge in [-0.15, -0.1) is 0 Å². The van der Waals surface area contributed by atoms with Crippen LogP contribution in [0.2, 0.25) is 0 Å². The number of benzene rings is 2. The van der Waals surface area contributed by atoms with Crippen molar-refractivity contribution in [2.45, 2.75) is 39.7 Å². The van der Waals surface area contributed by atoms with E-state index in [1.807, 2.05) is 49.1 Å². The fraction of sp³-hybridized carbons (Fsp3) is 0.409. The molecule has 0 spiro atoms. The summed E-state index contributed by atoms with van der Waals surface area (Å²) in [5.74, 6) is 1.27. The molecule has 0 aromatic heterocycles. The molecule has 26 heavy (non-hydrogen) atoms. The summed E-state index contributed by atoms with van der Waals surface area (Å²) in [6, 6.07) is 11.6. The van der Waals surface area contributed by atoms with E-state index in [4.69, 9.17) is 10.5 Å². The first-order valence-electron chi connectivity index (χ1n) is 9.19. The van der Waals surface area contributed by atoms with Gasteiger partial charge in [-0.3, -0.25) is 4.79 Å². The molecular formula is C22H28N2O2. The van der Waals surface area contributed by atoms with Gasteiger partial charge in [-0.1, -0.05) is 25.1 Å². The maximum absolute atomic E-state index is 13.1. The summed E-state index contributed by atoms with van der Waals surface area (Å²) >= 11 is 0. The normalized spacial score (nSPS) is 17.6. The van der Waals surface area contributed by atoms with E-state index in [0.29, 0.717) is 12.3 Å². The summed E-state index contributed by atoms with van der Waals surface area (Å²) in [6.45, 7) is 6.99. The highest BCUT2D eigenvalue weighted by atomic mass is 16.5. The Morgan fingerprint density at radius 3 is 2.58 bits per heavy atom. The predicted molar refractivity (Wildman–Crippen MR) is 106 cm³/mol. The number of fused-ring (bicyclic) bond motifs is 1. The third-order valence-corrected chi connectivity index (χ3v) is 5.26. The number of nitrogens with two attached hydrogens (primary N) is 1. The van der Waals surface area contributed by atoms with Gasteiger partial charge < -0.3 is 15.4 Å². The lowest BCUT2D eigenvalue weighted by Crippen LogP contribution is -2.48. The molecule has 1 aliphatic rings. The number of methoxy groups -OCH3 is 1. The van der Waals surface area contributed by atoms with E-state index in [2.05, 4.69) is 13.0 Å². The Hall–Kier alpha value is -2.33. The number of hydrogen-bond donors (Lipinski definition) is 1. The minimum absolute atomic E-state index is 0.00128. The van der Waals surface area contributed by atoms with Gasteiger partial charge in [-0.25, -0.2) is 0 Å². The van der Waals surface area contributed by atoms with Crippen molar-refractivity contribution in [2.24, 2.45) is 11.7 Å². The van der Waals surface area contributed by atoms with Crippen LogP contribution in [0.15, 0.2) is 36.4 Å². The average Bonchev–Trinajstić information content (AvgIpc) is 2.62. The molecule has 0 aliphatic carbocycles. The number of amides is 1. The monoisotopic (exact) mass is 352 g/mol. The second kappa shape index (κ2) is 7.50. The zero-order valence-corrected chi connectivity index (χ0v) is 16.1. The molecule has 0 bridgehead atoms. The minimum atomic E-state index is -0.556.